The Hall–Kier alpha value is -2.89. The first-order chi connectivity index (χ1) is 12.2. The molecule has 3 amide bonds. The molecule has 25 heavy (non-hydrogen) atoms. The smallest absolute Gasteiger partial charge is 0.321 e. The van der Waals surface area contributed by atoms with E-state index in [4.69, 9.17) is 0 Å². The lowest BCUT2D eigenvalue weighted by molar-refractivity contribution is 0.0949. The van der Waals surface area contributed by atoms with E-state index >= 15 is 0 Å². The van der Waals surface area contributed by atoms with Gasteiger partial charge in [0.1, 0.15) is 5.82 Å². The molecule has 130 valence electrons. The van der Waals surface area contributed by atoms with Gasteiger partial charge in [-0.15, -0.1) is 0 Å². The van der Waals surface area contributed by atoms with E-state index in [0.717, 1.165) is 12.1 Å². The predicted octanol–water partition coefficient (Wildman–Crippen LogP) is 2.72. The first kappa shape index (κ1) is 17.0. The molecule has 1 heterocycles. The van der Waals surface area contributed by atoms with E-state index in [1.165, 1.54) is 23.8 Å². The second-order valence-electron chi connectivity index (χ2n) is 5.85. The first-order valence-electron chi connectivity index (χ1n) is 8.33. The van der Waals surface area contributed by atoms with Crippen molar-refractivity contribution in [2.45, 2.75) is 12.8 Å². The van der Waals surface area contributed by atoms with Crippen LogP contribution >= 0.6 is 0 Å². The fourth-order valence-corrected chi connectivity index (χ4v) is 2.87. The number of rotatable bonds is 5. The maximum Gasteiger partial charge on any atom is 0.321 e. The molecule has 6 heteroatoms. The van der Waals surface area contributed by atoms with Crippen LogP contribution in [0, 0.1) is 5.82 Å². The Morgan fingerprint density at radius 1 is 1.00 bits per heavy atom. The maximum atomic E-state index is 13.5. The molecule has 1 aliphatic rings. The number of nitrogens with zero attached hydrogens (tertiary/aromatic N) is 1. The molecule has 0 radical (unpaired) electrons. The van der Waals surface area contributed by atoms with Crippen LogP contribution in [0.2, 0.25) is 0 Å². The zero-order chi connectivity index (χ0) is 17.6. The van der Waals surface area contributed by atoms with Crippen molar-refractivity contribution in [2.75, 3.05) is 24.5 Å². The summed E-state index contributed by atoms with van der Waals surface area (Å²) in [5, 5.41) is 5.51. The van der Waals surface area contributed by atoms with Crippen LogP contribution in [0.25, 0.3) is 0 Å². The van der Waals surface area contributed by atoms with Crippen molar-refractivity contribution in [2.24, 2.45) is 0 Å². The summed E-state index contributed by atoms with van der Waals surface area (Å²) in [6.07, 6.45) is 1.43. The Labute approximate surface area is 145 Å². The number of hydrogen-bond donors (Lipinski definition) is 2. The minimum atomic E-state index is -0.541. The standard InChI is InChI=1S/C19H20FN3O2/c20-16-8-3-2-7-15(16)18(24)21-11-5-12-22-19(25)23-13-10-14-6-1-4-9-17(14)23/h1-4,6-9H,5,10-13H2,(H,21,24)(H,22,25). The van der Waals surface area contributed by atoms with Crippen LogP contribution < -0.4 is 15.5 Å². The minimum Gasteiger partial charge on any atom is -0.352 e. The zero-order valence-electron chi connectivity index (χ0n) is 13.8. The van der Waals surface area contributed by atoms with Crippen LogP contribution in [0.1, 0.15) is 22.3 Å². The van der Waals surface area contributed by atoms with Crippen LogP contribution in [0.5, 0.6) is 0 Å². The third-order valence-corrected chi connectivity index (χ3v) is 4.17. The Kier molecular flexibility index (Phi) is 5.28. The number of carbonyl (C=O) groups is 2. The van der Waals surface area contributed by atoms with E-state index in [1.54, 1.807) is 11.0 Å². The normalized spacial score (nSPS) is 12.6. The molecular formula is C19H20FN3O2. The van der Waals surface area contributed by atoms with Crippen LogP contribution in [0.4, 0.5) is 14.9 Å². The monoisotopic (exact) mass is 341 g/mol. The first-order valence-corrected chi connectivity index (χ1v) is 8.33. The third-order valence-electron chi connectivity index (χ3n) is 4.17. The van der Waals surface area contributed by atoms with Gasteiger partial charge in [0.2, 0.25) is 0 Å². The number of carbonyl (C=O) groups excluding carboxylic acids is 2. The van der Waals surface area contributed by atoms with Crippen molar-refractivity contribution >= 4 is 17.6 Å². The molecule has 0 aliphatic carbocycles. The van der Waals surface area contributed by atoms with Gasteiger partial charge in [-0.1, -0.05) is 30.3 Å². The van der Waals surface area contributed by atoms with E-state index in [-0.39, 0.29) is 11.6 Å². The average molecular weight is 341 g/mol. The molecule has 5 nitrogen and oxygen atoms in total. The van der Waals surface area contributed by atoms with Gasteiger partial charge in [-0.2, -0.15) is 0 Å². The van der Waals surface area contributed by atoms with E-state index in [2.05, 4.69) is 10.6 Å². The molecule has 2 N–H and O–H groups in total. The van der Waals surface area contributed by atoms with Crippen LogP contribution in [-0.4, -0.2) is 31.6 Å². The van der Waals surface area contributed by atoms with Crippen molar-refractivity contribution in [1.82, 2.24) is 10.6 Å². The molecule has 0 aromatic heterocycles. The predicted molar refractivity (Wildman–Crippen MR) is 94.2 cm³/mol. The zero-order valence-corrected chi connectivity index (χ0v) is 13.8. The molecule has 0 unspecified atom stereocenters. The summed E-state index contributed by atoms with van der Waals surface area (Å²) in [6, 6.07) is 13.6. The third kappa shape index (κ3) is 3.96. The number of anilines is 1. The topological polar surface area (TPSA) is 61.4 Å². The lowest BCUT2D eigenvalue weighted by Gasteiger charge is -2.18. The molecule has 0 fully saturated rings. The van der Waals surface area contributed by atoms with E-state index in [1.807, 2.05) is 24.3 Å². The Balaban J connectivity index is 1.40. The summed E-state index contributed by atoms with van der Waals surface area (Å²) in [6.45, 7) is 1.48. The summed E-state index contributed by atoms with van der Waals surface area (Å²) in [4.78, 5) is 25.8. The quantitative estimate of drug-likeness (QED) is 0.822. The fourth-order valence-electron chi connectivity index (χ4n) is 2.87. The van der Waals surface area contributed by atoms with Crippen LogP contribution in [-0.2, 0) is 6.42 Å². The summed E-state index contributed by atoms with van der Waals surface area (Å²) >= 11 is 0. The maximum absolute atomic E-state index is 13.5. The van der Waals surface area contributed by atoms with Crippen LogP contribution in [0.3, 0.4) is 0 Å². The molecule has 2 aromatic rings. The molecule has 0 spiro atoms. The molecule has 1 aliphatic heterocycles. The highest BCUT2D eigenvalue weighted by molar-refractivity contribution is 5.95. The summed E-state index contributed by atoms with van der Waals surface area (Å²) < 4.78 is 13.5. The number of benzene rings is 2. The summed E-state index contributed by atoms with van der Waals surface area (Å²) in [5.41, 5.74) is 2.16. The second-order valence-corrected chi connectivity index (χ2v) is 5.85. The highest BCUT2D eigenvalue weighted by Crippen LogP contribution is 2.27. The number of urea groups is 1. The van der Waals surface area contributed by atoms with Crippen molar-refractivity contribution in [3.8, 4) is 0 Å². The van der Waals surface area contributed by atoms with E-state index in [9.17, 15) is 14.0 Å². The molecular weight excluding hydrogens is 321 g/mol. The van der Waals surface area contributed by atoms with E-state index in [0.29, 0.717) is 26.1 Å². The fraction of sp³-hybridized carbons (Fsp3) is 0.263. The summed E-state index contributed by atoms with van der Waals surface area (Å²) in [5.74, 6) is -0.987. The highest BCUT2D eigenvalue weighted by Gasteiger charge is 2.23. The molecule has 0 saturated heterocycles. The number of amides is 3. The van der Waals surface area contributed by atoms with Crippen molar-refractivity contribution in [3.05, 3.63) is 65.5 Å². The van der Waals surface area contributed by atoms with Crippen molar-refractivity contribution in [3.63, 3.8) is 0 Å². The number of halogens is 1. The van der Waals surface area contributed by atoms with Gasteiger partial charge in [0.05, 0.1) is 5.56 Å². The van der Waals surface area contributed by atoms with Crippen molar-refractivity contribution in [1.29, 1.82) is 0 Å². The number of fused-ring (bicyclic) bond motifs is 1. The Bertz CT molecular complexity index is 779. The second kappa shape index (κ2) is 7.79. The molecule has 3 rings (SSSR count). The number of nitrogens with one attached hydrogen (secondary N) is 2. The van der Waals surface area contributed by atoms with E-state index < -0.39 is 11.7 Å². The lowest BCUT2D eigenvalue weighted by Crippen LogP contribution is -2.40. The average Bonchev–Trinajstić information content (AvgIpc) is 3.05. The molecule has 0 bridgehead atoms. The van der Waals surface area contributed by atoms with Gasteiger partial charge in [0.25, 0.3) is 5.91 Å². The molecule has 0 atom stereocenters. The minimum absolute atomic E-state index is 0.0280. The van der Waals surface area contributed by atoms with Gasteiger partial charge >= 0.3 is 6.03 Å². The largest absolute Gasteiger partial charge is 0.352 e. The van der Waals surface area contributed by atoms with Crippen molar-refractivity contribution < 1.29 is 14.0 Å². The number of hydrogen-bond acceptors (Lipinski definition) is 2. The Morgan fingerprint density at radius 2 is 1.72 bits per heavy atom. The van der Waals surface area contributed by atoms with Gasteiger partial charge in [0.15, 0.2) is 0 Å². The van der Waals surface area contributed by atoms with Gasteiger partial charge in [-0.25, -0.2) is 9.18 Å². The van der Waals surface area contributed by atoms with Gasteiger partial charge < -0.3 is 10.6 Å². The van der Waals surface area contributed by atoms with Gasteiger partial charge in [0, 0.05) is 25.3 Å². The highest BCUT2D eigenvalue weighted by atomic mass is 19.1. The molecule has 0 saturated carbocycles. The van der Waals surface area contributed by atoms with Gasteiger partial charge in [-0.05, 0) is 36.6 Å². The Morgan fingerprint density at radius 3 is 2.56 bits per heavy atom. The van der Waals surface area contributed by atoms with Gasteiger partial charge in [-0.3, -0.25) is 9.69 Å². The molecule has 2 aromatic carbocycles. The SMILES string of the molecule is O=C(NCCCNC(=O)N1CCc2ccccc21)c1ccccc1F. The lowest BCUT2D eigenvalue weighted by atomic mass is 10.2. The number of para-hydroxylation sites is 1. The summed E-state index contributed by atoms with van der Waals surface area (Å²) in [7, 11) is 0. The van der Waals surface area contributed by atoms with Crippen LogP contribution in [0.15, 0.2) is 48.5 Å².